The Kier molecular flexibility index (Phi) is 4.88. The van der Waals surface area contributed by atoms with Crippen LogP contribution in [0.5, 0.6) is 5.75 Å². The van der Waals surface area contributed by atoms with Gasteiger partial charge in [0.15, 0.2) is 0 Å². The van der Waals surface area contributed by atoms with Crippen molar-refractivity contribution in [3.63, 3.8) is 0 Å². The number of anilines is 1. The number of amides is 1. The maximum Gasteiger partial charge on any atom is 0.231 e. The predicted octanol–water partition coefficient (Wildman–Crippen LogP) is 3.18. The third-order valence-electron chi connectivity index (χ3n) is 4.26. The SMILES string of the molecule is CC(C)COc1ccccc1NC(=O)C1(C)CCCC1N. The quantitative estimate of drug-likeness (QED) is 0.875. The zero-order valence-corrected chi connectivity index (χ0v) is 13.2. The van der Waals surface area contributed by atoms with Crippen molar-refractivity contribution in [2.24, 2.45) is 17.1 Å². The molecule has 0 spiro atoms. The van der Waals surface area contributed by atoms with E-state index >= 15 is 0 Å². The van der Waals surface area contributed by atoms with Gasteiger partial charge in [0.25, 0.3) is 0 Å². The number of ether oxygens (including phenoxy) is 1. The number of rotatable bonds is 5. The molecule has 0 radical (unpaired) electrons. The lowest BCUT2D eigenvalue weighted by Crippen LogP contribution is -2.44. The molecule has 1 aliphatic carbocycles. The summed E-state index contributed by atoms with van der Waals surface area (Å²) in [4.78, 5) is 12.6. The molecular formula is C17H26N2O2. The number of carbonyl (C=O) groups is 1. The largest absolute Gasteiger partial charge is 0.491 e. The van der Waals surface area contributed by atoms with E-state index in [1.165, 1.54) is 0 Å². The first-order chi connectivity index (χ1) is 9.93. The van der Waals surface area contributed by atoms with E-state index in [0.717, 1.165) is 30.7 Å². The summed E-state index contributed by atoms with van der Waals surface area (Å²) in [5.41, 5.74) is 6.36. The highest BCUT2D eigenvalue weighted by Gasteiger charge is 2.43. The van der Waals surface area contributed by atoms with Crippen LogP contribution in [0.25, 0.3) is 0 Å². The Labute approximate surface area is 127 Å². The van der Waals surface area contributed by atoms with Gasteiger partial charge in [-0.3, -0.25) is 4.79 Å². The minimum absolute atomic E-state index is 0.00639. The molecule has 4 nitrogen and oxygen atoms in total. The Morgan fingerprint density at radius 1 is 1.48 bits per heavy atom. The fourth-order valence-electron chi connectivity index (χ4n) is 2.69. The summed E-state index contributed by atoms with van der Waals surface area (Å²) in [6.07, 6.45) is 2.76. The standard InChI is InChI=1S/C17H26N2O2/c1-12(2)11-21-14-8-5-4-7-13(14)19-16(20)17(3)10-6-9-15(17)18/h4-5,7-8,12,15H,6,9-11,18H2,1-3H3,(H,19,20). The Balaban J connectivity index is 2.10. The lowest BCUT2D eigenvalue weighted by Gasteiger charge is -2.28. The van der Waals surface area contributed by atoms with Crippen LogP contribution < -0.4 is 15.8 Å². The maximum atomic E-state index is 12.6. The molecule has 1 aromatic rings. The molecule has 1 aromatic carbocycles. The summed E-state index contributed by atoms with van der Waals surface area (Å²) in [6, 6.07) is 7.50. The molecule has 2 atom stereocenters. The lowest BCUT2D eigenvalue weighted by molar-refractivity contribution is -0.125. The predicted molar refractivity (Wildman–Crippen MR) is 85.3 cm³/mol. The number of hydrogen-bond donors (Lipinski definition) is 2. The van der Waals surface area contributed by atoms with Crippen LogP contribution in [-0.4, -0.2) is 18.6 Å². The van der Waals surface area contributed by atoms with Gasteiger partial charge < -0.3 is 15.8 Å². The summed E-state index contributed by atoms with van der Waals surface area (Å²) >= 11 is 0. The van der Waals surface area contributed by atoms with Crippen molar-refractivity contribution in [1.82, 2.24) is 0 Å². The topological polar surface area (TPSA) is 64.3 Å². The highest BCUT2D eigenvalue weighted by Crippen LogP contribution is 2.38. The van der Waals surface area contributed by atoms with Crippen LogP contribution in [0.3, 0.4) is 0 Å². The van der Waals surface area contributed by atoms with Crippen molar-refractivity contribution in [1.29, 1.82) is 0 Å². The van der Waals surface area contributed by atoms with Crippen LogP contribution in [-0.2, 0) is 4.79 Å². The summed E-state index contributed by atoms with van der Waals surface area (Å²) in [5, 5.41) is 3.00. The van der Waals surface area contributed by atoms with Gasteiger partial charge in [0, 0.05) is 6.04 Å². The minimum atomic E-state index is -0.481. The van der Waals surface area contributed by atoms with Crippen molar-refractivity contribution >= 4 is 11.6 Å². The van der Waals surface area contributed by atoms with Gasteiger partial charge in [0.05, 0.1) is 17.7 Å². The van der Waals surface area contributed by atoms with E-state index in [4.69, 9.17) is 10.5 Å². The Bertz CT molecular complexity index is 501. The molecule has 3 N–H and O–H groups in total. The van der Waals surface area contributed by atoms with Gasteiger partial charge >= 0.3 is 0 Å². The van der Waals surface area contributed by atoms with E-state index in [2.05, 4.69) is 19.2 Å². The third-order valence-corrected chi connectivity index (χ3v) is 4.26. The first-order valence-electron chi connectivity index (χ1n) is 7.72. The highest BCUT2D eigenvalue weighted by atomic mass is 16.5. The first-order valence-corrected chi connectivity index (χ1v) is 7.72. The Morgan fingerprint density at radius 3 is 2.81 bits per heavy atom. The molecule has 1 saturated carbocycles. The van der Waals surface area contributed by atoms with Crippen LogP contribution in [0.15, 0.2) is 24.3 Å². The molecule has 2 unspecified atom stereocenters. The normalized spacial score (nSPS) is 25.1. The molecule has 2 rings (SSSR count). The summed E-state index contributed by atoms with van der Waals surface area (Å²) in [6.45, 7) is 6.78. The molecule has 4 heteroatoms. The summed E-state index contributed by atoms with van der Waals surface area (Å²) in [7, 11) is 0. The van der Waals surface area contributed by atoms with Crippen LogP contribution in [0.1, 0.15) is 40.0 Å². The fourth-order valence-corrected chi connectivity index (χ4v) is 2.69. The van der Waals surface area contributed by atoms with Gasteiger partial charge in [0.1, 0.15) is 5.75 Å². The van der Waals surface area contributed by atoms with Crippen LogP contribution >= 0.6 is 0 Å². The number of nitrogens with one attached hydrogen (secondary N) is 1. The van der Waals surface area contributed by atoms with Crippen LogP contribution in [0.2, 0.25) is 0 Å². The highest BCUT2D eigenvalue weighted by molar-refractivity contribution is 5.97. The van der Waals surface area contributed by atoms with Gasteiger partial charge in [-0.15, -0.1) is 0 Å². The number of hydrogen-bond acceptors (Lipinski definition) is 3. The molecule has 1 aliphatic rings. The average molecular weight is 290 g/mol. The fraction of sp³-hybridized carbons (Fsp3) is 0.588. The van der Waals surface area contributed by atoms with E-state index < -0.39 is 5.41 Å². The second-order valence-electron chi connectivity index (χ2n) is 6.57. The van der Waals surface area contributed by atoms with Gasteiger partial charge in [0.2, 0.25) is 5.91 Å². The lowest BCUT2D eigenvalue weighted by atomic mass is 9.84. The Morgan fingerprint density at radius 2 is 2.19 bits per heavy atom. The van der Waals surface area contributed by atoms with E-state index in [9.17, 15) is 4.79 Å². The zero-order valence-electron chi connectivity index (χ0n) is 13.2. The number of nitrogens with two attached hydrogens (primary N) is 1. The van der Waals surface area contributed by atoms with Gasteiger partial charge in [-0.1, -0.05) is 32.4 Å². The van der Waals surface area contributed by atoms with Gasteiger partial charge in [-0.2, -0.15) is 0 Å². The second kappa shape index (κ2) is 6.48. The van der Waals surface area contributed by atoms with Gasteiger partial charge in [-0.05, 0) is 37.8 Å². The van der Waals surface area contributed by atoms with Crippen molar-refractivity contribution in [2.75, 3.05) is 11.9 Å². The average Bonchev–Trinajstić information content (AvgIpc) is 2.79. The molecule has 21 heavy (non-hydrogen) atoms. The summed E-state index contributed by atoms with van der Waals surface area (Å²) < 4.78 is 5.78. The third kappa shape index (κ3) is 3.56. The van der Waals surface area contributed by atoms with E-state index in [1.54, 1.807) is 0 Å². The van der Waals surface area contributed by atoms with E-state index in [-0.39, 0.29) is 11.9 Å². The monoisotopic (exact) mass is 290 g/mol. The van der Waals surface area contributed by atoms with Gasteiger partial charge in [-0.25, -0.2) is 0 Å². The van der Waals surface area contributed by atoms with Crippen molar-refractivity contribution in [3.05, 3.63) is 24.3 Å². The molecule has 1 amide bonds. The second-order valence-corrected chi connectivity index (χ2v) is 6.57. The Hall–Kier alpha value is -1.55. The number of para-hydroxylation sites is 2. The van der Waals surface area contributed by atoms with Crippen molar-refractivity contribution in [3.8, 4) is 5.75 Å². The molecule has 116 valence electrons. The minimum Gasteiger partial charge on any atom is -0.491 e. The number of benzene rings is 1. The first kappa shape index (κ1) is 15.8. The van der Waals surface area contributed by atoms with E-state index in [1.807, 2.05) is 31.2 Å². The molecule has 1 fully saturated rings. The van der Waals surface area contributed by atoms with Crippen LogP contribution in [0, 0.1) is 11.3 Å². The molecule has 0 aliphatic heterocycles. The number of carbonyl (C=O) groups excluding carboxylic acids is 1. The summed E-state index contributed by atoms with van der Waals surface area (Å²) in [5.74, 6) is 1.15. The molecule has 0 saturated heterocycles. The zero-order chi connectivity index (χ0) is 15.5. The maximum absolute atomic E-state index is 12.6. The van der Waals surface area contributed by atoms with Crippen LogP contribution in [0.4, 0.5) is 5.69 Å². The molecule has 0 heterocycles. The smallest absolute Gasteiger partial charge is 0.231 e. The molecule has 0 bridgehead atoms. The van der Waals surface area contributed by atoms with Crippen molar-refractivity contribution < 1.29 is 9.53 Å². The molecule has 0 aromatic heterocycles. The van der Waals surface area contributed by atoms with E-state index in [0.29, 0.717) is 12.5 Å². The van der Waals surface area contributed by atoms with Crippen molar-refractivity contribution in [2.45, 2.75) is 46.1 Å². The molecular weight excluding hydrogens is 264 g/mol.